The van der Waals surface area contributed by atoms with Crippen molar-refractivity contribution in [1.29, 1.82) is 0 Å². The van der Waals surface area contributed by atoms with Crippen LogP contribution in [0.4, 0.5) is 0 Å². The van der Waals surface area contributed by atoms with Gasteiger partial charge < -0.3 is 37.6 Å². The first-order chi connectivity index (χ1) is 13.4. The lowest BCUT2D eigenvalue weighted by atomic mass is 10.1. The van der Waals surface area contributed by atoms with E-state index in [1.807, 2.05) is 0 Å². The van der Waals surface area contributed by atoms with Gasteiger partial charge in [-0.05, 0) is 32.3 Å². The number of thioether (sulfide) groups is 1. The van der Waals surface area contributed by atoms with Crippen LogP contribution < -0.4 is 27.4 Å². The Morgan fingerprint density at radius 1 is 1.00 bits per heavy atom. The number of carboxylic acid groups (broad SMARTS) is 1. The average Bonchev–Trinajstić information content (AvgIpc) is 2.61. The minimum atomic E-state index is -1.46. The topological polar surface area (TPSA) is 214 Å². The number of primary amides is 1. The van der Waals surface area contributed by atoms with Crippen molar-refractivity contribution < 1.29 is 34.2 Å². The van der Waals surface area contributed by atoms with Crippen LogP contribution in [0, 0.1) is 0 Å². The average molecular weight is 436 g/mol. The van der Waals surface area contributed by atoms with Crippen LogP contribution in [0.5, 0.6) is 0 Å². The Morgan fingerprint density at radius 3 is 2.03 bits per heavy atom. The van der Waals surface area contributed by atoms with Crippen molar-refractivity contribution in [1.82, 2.24) is 16.0 Å². The molecule has 4 amide bonds. The van der Waals surface area contributed by atoms with E-state index in [1.165, 1.54) is 25.6 Å². The van der Waals surface area contributed by atoms with E-state index in [0.29, 0.717) is 5.75 Å². The summed E-state index contributed by atoms with van der Waals surface area (Å²) in [6.45, 7) is 2.55. The summed E-state index contributed by atoms with van der Waals surface area (Å²) in [4.78, 5) is 58.5. The fourth-order valence-electron chi connectivity index (χ4n) is 2.13. The number of nitrogens with one attached hydrogen (secondary N) is 3. The second-order valence-electron chi connectivity index (χ2n) is 6.41. The third-order valence-electron chi connectivity index (χ3n) is 3.80. The number of amides is 4. The van der Waals surface area contributed by atoms with Crippen LogP contribution in [-0.4, -0.2) is 82.1 Å². The molecule has 5 atom stereocenters. The van der Waals surface area contributed by atoms with Crippen LogP contribution in [0.3, 0.4) is 0 Å². The van der Waals surface area contributed by atoms with Crippen LogP contribution in [0.25, 0.3) is 0 Å². The van der Waals surface area contributed by atoms with E-state index in [2.05, 4.69) is 16.0 Å². The molecule has 0 aromatic heterocycles. The summed E-state index contributed by atoms with van der Waals surface area (Å²) in [6.07, 6.45) is 0.199. The van der Waals surface area contributed by atoms with E-state index in [0.717, 1.165) is 0 Å². The Balaban J connectivity index is 4.95. The molecule has 13 heteroatoms. The maximum absolute atomic E-state index is 12.4. The molecule has 0 rings (SSSR count). The molecule has 0 aliphatic carbocycles. The number of aliphatic hydroxyl groups excluding tert-OH is 1. The highest BCUT2D eigenvalue weighted by Gasteiger charge is 2.31. The van der Waals surface area contributed by atoms with E-state index < -0.39 is 66.3 Å². The first kappa shape index (κ1) is 26.6. The van der Waals surface area contributed by atoms with Crippen LogP contribution in [0.15, 0.2) is 0 Å². The maximum atomic E-state index is 12.4. The molecule has 0 radical (unpaired) electrons. The highest BCUT2D eigenvalue weighted by atomic mass is 32.2. The number of nitrogens with two attached hydrogens (primary N) is 2. The van der Waals surface area contributed by atoms with Crippen molar-refractivity contribution in [2.45, 2.75) is 57.0 Å². The summed E-state index contributed by atoms with van der Waals surface area (Å²) >= 11 is 1.42. The Bertz CT molecular complexity index is 616. The fourth-order valence-corrected chi connectivity index (χ4v) is 2.60. The molecule has 0 aliphatic rings. The van der Waals surface area contributed by atoms with Gasteiger partial charge in [0.1, 0.15) is 18.1 Å². The number of carbonyl (C=O) groups is 5. The minimum absolute atomic E-state index is 0.201. The number of hydrogen-bond donors (Lipinski definition) is 7. The van der Waals surface area contributed by atoms with Crippen molar-refractivity contribution in [3.05, 3.63) is 0 Å². The molecule has 5 unspecified atom stereocenters. The molecule has 0 heterocycles. The molecular formula is C16H29N5O7S. The third-order valence-corrected chi connectivity index (χ3v) is 4.44. The van der Waals surface area contributed by atoms with Gasteiger partial charge in [0.05, 0.1) is 18.6 Å². The van der Waals surface area contributed by atoms with E-state index in [1.54, 1.807) is 6.26 Å². The summed E-state index contributed by atoms with van der Waals surface area (Å²) in [5.74, 6) is -4.02. The Kier molecular flexibility index (Phi) is 11.9. The van der Waals surface area contributed by atoms with Gasteiger partial charge in [0, 0.05) is 0 Å². The minimum Gasteiger partial charge on any atom is -0.480 e. The summed E-state index contributed by atoms with van der Waals surface area (Å²) in [6, 6.07) is -5.03. The number of rotatable bonds is 13. The molecule has 0 aromatic rings. The number of aliphatic carboxylic acids is 1. The van der Waals surface area contributed by atoms with Crippen molar-refractivity contribution in [3.8, 4) is 0 Å². The van der Waals surface area contributed by atoms with E-state index >= 15 is 0 Å². The number of hydrogen-bond acceptors (Lipinski definition) is 8. The first-order valence-corrected chi connectivity index (χ1v) is 10.1. The van der Waals surface area contributed by atoms with Crippen LogP contribution >= 0.6 is 11.8 Å². The second-order valence-corrected chi connectivity index (χ2v) is 7.40. The van der Waals surface area contributed by atoms with E-state index in [-0.39, 0.29) is 6.42 Å². The van der Waals surface area contributed by atoms with E-state index in [9.17, 15) is 29.1 Å². The van der Waals surface area contributed by atoms with Gasteiger partial charge in [-0.3, -0.25) is 19.2 Å². The normalized spacial score (nSPS) is 15.9. The van der Waals surface area contributed by atoms with Gasteiger partial charge in [0.2, 0.25) is 23.6 Å². The molecule has 9 N–H and O–H groups in total. The van der Waals surface area contributed by atoms with Gasteiger partial charge in [-0.25, -0.2) is 4.79 Å². The molecule has 0 spiro atoms. The highest BCUT2D eigenvalue weighted by molar-refractivity contribution is 7.98. The maximum Gasteiger partial charge on any atom is 0.326 e. The largest absolute Gasteiger partial charge is 0.480 e. The molecule has 0 fully saturated rings. The predicted molar refractivity (Wildman–Crippen MR) is 106 cm³/mol. The smallest absolute Gasteiger partial charge is 0.326 e. The molecule has 0 aliphatic heterocycles. The van der Waals surface area contributed by atoms with Crippen LogP contribution in [-0.2, 0) is 24.0 Å². The quantitative estimate of drug-likeness (QED) is 0.155. The lowest BCUT2D eigenvalue weighted by molar-refractivity contribution is -0.142. The molecule has 0 saturated carbocycles. The lowest BCUT2D eigenvalue weighted by Crippen LogP contribution is -2.59. The number of aliphatic hydroxyl groups is 1. The van der Waals surface area contributed by atoms with Gasteiger partial charge >= 0.3 is 5.97 Å². The Morgan fingerprint density at radius 2 is 1.59 bits per heavy atom. The van der Waals surface area contributed by atoms with Crippen molar-refractivity contribution in [3.63, 3.8) is 0 Å². The van der Waals surface area contributed by atoms with Crippen molar-refractivity contribution in [2.75, 3.05) is 12.0 Å². The lowest BCUT2D eigenvalue weighted by Gasteiger charge is -2.24. The summed E-state index contributed by atoms with van der Waals surface area (Å²) in [7, 11) is 0. The zero-order valence-electron chi connectivity index (χ0n) is 16.5. The predicted octanol–water partition coefficient (Wildman–Crippen LogP) is -3.12. The third kappa shape index (κ3) is 10.1. The Labute approximate surface area is 172 Å². The van der Waals surface area contributed by atoms with Gasteiger partial charge in [-0.1, -0.05) is 0 Å². The standard InChI is InChI=1S/C16H29N5O7S/c1-7(13(24)20-10(16(27)28)4-5-29-3)19-15(26)12(8(2)22)21-14(25)9(17)6-11(18)23/h7-10,12,22H,4-6,17H2,1-3H3,(H2,18,23)(H,19,26)(H,20,24)(H,21,25)(H,27,28). The SMILES string of the molecule is CSCCC(NC(=O)C(C)NC(=O)C(NC(=O)C(N)CC(N)=O)C(C)O)C(=O)O. The van der Waals surface area contributed by atoms with Crippen LogP contribution in [0.1, 0.15) is 26.7 Å². The zero-order valence-corrected chi connectivity index (χ0v) is 17.3. The highest BCUT2D eigenvalue weighted by Crippen LogP contribution is 2.02. The van der Waals surface area contributed by atoms with Crippen molar-refractivity contribution >= 4 is 41.4 Å². The molecule has 166 valence electrons. The Hall–Kier alpha value is -2.38. The van der Waals surface area contributed by atoms with Gasteiger partial charge in [0.25, 0.3) is 0 Å². The molecule has 0 aromatic carbocycles. The zero-order chi connectivity index (χ0) is 22.7. The first-order valence-electron chi connectivity index (χ1n) is 8.75. The molecule has 12 nitrogen and oxygen atoms in total. The van der Waals surface area contributed by atoms with Gasteiger partial charge in [0.15, 0.2) is 0 Å². The van der Waals surface area contributed by atoms with Gasteiger partial charge in [-0.15, -0.1) is 0 Å². The van der Waals surface area contributed by atoms with Crippen molar-refractivity contribution in [2.24, 2.45) is 11.5 Å². The van der Waals surface area contributed by atoms with E-state index in [4.69, 9.17) is 16.6 Å². The summed E-state index contributed by atoms with van der Waals surface area (Å²) in [5, 5.41) is 25.7. The van der Waals surface area contributed by atoms with Gasteiger partial charge in [-0.2, -0.15) is 11.8 Å². The molecule has 29 heavy (non-hydrogen) atoms. The number of carbonyl (C=O) groups excluding carboxylic acids is 4. The number of carboxylic acids is 1. The summed E-state index contributed by atoms with van der Waals surface area (Å²) < 4.78 is 0. The fraction of sp³-hybridized carbons (Fsp3) is 0.688. The molecular weight excluding hydrogens is 406 g/mol. The monoisotopic (exact) mass is 435 g/mol. The molecule has 0 bridgehead atoms. The second kappa shape index (κ2) is 13.0. The molecule has 0 saturated heterocycles. The van der Waals surface area contributed by atoms with Crippen LogP contribution in [0.2, 0.25) is 0 Å². The summed E-state index contributed by atoms with van der Waals surface area (Å²) in [5.41, 5.74) is 10.4.